The summed E-state index contributed by atoms with van der Waals surface area (Å²) in [5, 5.41) is 3.36. The van der Waals surface area contributed by atoms with Crippen molar-refractivity contribution in [1.29, 1.82) is 0 Å². The quantitative estimate of drug-likeness (QED) is 0.907. The van der Waals surface area contributed by atoms with Crippen molar-refractivity contribution in [2.45, 2.75) is 20.0 Å². The van der Waals surface area contributed by atoms with Crippen molar-refractivity contribution in [1.82, 2.24) is 9.88 Å². The molecule has 4 heteroatoms. The molecule has 2 aromatic rings. The minimum atomic E-state index is 0.0683. The smallest absolute Gasteiger partial charge is 0.219 e. The van der Waals surface area contributed by atoms with E-state index in [0.717, 1.165) is 23.4 Å². The SMILES string of the molecule is CC(=O)N(C)Cc1cccc(NCc2cccnc2)c1. The first-order valence-electron chi connectivity index (χ1n) is 6.58. The van der Waals surface area contributed by atoms with Crippen molar-refractivity contribution >= 4 is 11.6 Å². The monoisotopic (exact) mass is 269 g/mol. The van der Waals surface area contributed by atoms with Crippen molar-refractivity contribution in [3.05, 3.63) is 59.9 Å². The second kappa shape index (κ2) is 6.70. The number of hydrogen-bond acceptors (Lipinski definition) is 3. The maximum Gasteiger partial charge on any atom is 0.219 e. The van der Waals surface area contributed by atoms with Crippen molar-refractivity contribution in [2.24, 2.45) is 0 Å². The lowest BCUT2D eigenvalue weighted by molar-refractivity contribution is -0.128. The fraction of sp³-hybridized carbons (Fsp3) is 0.250. The highest BCUT2D eigenvalue weighted by Crippen LogP contribution is 2.13. The minimum Gasteiger partial charge on any atom is -0.381 e. The Kier molecular flexibility index (Phi) is 4.71. The summed E-state index contributed by atoms with van der Waals surface area (Å²) in [5.41, 5.74) is 3.29. The number of aromatic nitrogens is 1. The van der Waals surface area contributed by atoms with Crippen LogP contribution in [0.2, 0.25) is 0 Å². The number of rotatable bonds is 5. The minimum absolute atomic E-state index is 0.0683. The molecule has 1 amide bonds. The predicted octanol–water partition coefficient (Wildman–Crippen LogP) is 2.67. The Morgan fingerprint density at radius 1 is 1.25 bits per heavy atom. The van der Waals surface area contributed by atoms with Crippen LogP contribution in [0.25, 0.3) is 0 Å². The zero-order valence-electron chi connectivity index (χ0n) is 11.8. The van der Waals surface area contributed by atoms with Gasteiger partial charge in [0.25, 0.3) is 0 Å². The fourth-order valence-electron chi connectivity index (χ4n) is 1.87. The van der Waals surface area contributed by atoms with Gasteiger partial charge in [0, 0.05) is 45.1 Å². The zero-order valence-corrected chi connectivity index (χ0v) is 11.8. The first kappa shape index (κ1) is 14.1. The molecule has 4 nitrogen and oxygen atoms in total. The number of amides is 1. The van der Waals surface area contributed by atoms with Crippen molar-refractivity contribution in [3.8, 4) is 0 Å². The van der Waals surface area contributed by atoms with E-state index in [1.807, 2.05) is 36.5 Å². The van der Waals surface area contributed by atoms with Crippen LogP contribution in [0.5, 0.6) is 0 Å². The van der Waals surface area contributed by atoms with Crippen molar-refractivity contribution in [3.63, 3.8) is 0 Å². The second-order valence-electron chi connectivity index (χ2n) is 4.79. The summed E-state index contributed by atoms with van der Waals surface area (Å²) >= 11 is 0. The third-order valence-electron chi connectivity index (χ3n) is 3.10. The average Bonchev–Trinajstić information content (AvgIpc) is 2.46. The van der Waals surface area contributed by atoms with Crippen LogP contribution in [0.3, 0.4) is 0 Å². The Morgan fingerprint density at radius 2 is 2.05 bits per heavy atom. The molecule has 1 aromatic carbocycles. The lowest BCUT2D eigenvalue weighted by atomic mass is 10.2. The highest BCUT2D eigenvalue weighted by molar-refractivity contribution is 5.72. The lowest BCUT2D eigenvalue weighted by Crippen LogP contribution is -2.22. The molecule has 20 heavy (non-hydrogen) atoms. The number of carbonyl (C=O) groups is 1. The number of anilines is 1. The molecule has 0 fully saturated rings. The van der Waals surface area contributed by atoms with Crippen LogP contribution in [-0.2, 0) is 17.9 Å². The molecule has 1 heterocycles. The molecule has 0 spiro atoms. The van der Waals surface area contributed by atoms with Gasteiger partial charge in [-0.2, -0.15) is 0 Å². The molecule has 2 rings (SSSR count). The van der Waals surface area contributed by atoms with Gasteiger partial charge in [-0.1, -0.05) is 18.2 Å². The molecule has 0 saturated heterocycles. The van der Waals surface area contributed by atoms with Gasteiger partial charge in [-0.25, -0.2) is 0 Å². The molecule has 1 N–H and O–H groups in total. The van der Waals surface area contributed by atoms with E-state index in [4.69, 9.17) is 0 Å². The van der Waals surface area contributed by atoms with Crippen LogP contribution < -0.4 is 5.32 Å². The molecule has 1 aromatic heterocycles. The molecule has 0 aliphatic heterocycles. The van der Waals surface area contributed by atoms with Gasteiger partial charge in [0.15, 0.2) is 0 Å². The summed E-state index contributed by atoms with van der Waals surface area (Å²) in [6, 6.07) is 12.1. The van der Waals surface area contributed by atoms with Crippen LogP contribution >= 0.6 is 0 Å². The van der Waals surface area contributed by atoms with Gasteiger partial charge in [0.2, 0.25) is 5.91 Å². The lowest BCUT2D eigenvalue weighted by Gasteiger charge is -2.15. The molecule has 0 aliphatic carbocycles. The van der Waals surface area contributed by atoms with Crippen LogP contribution in [0, 0.1) is 0 Å². The van der Waals surface area contributed by atoms with Crippen molar-refractivity contribution in [2.75, 3.05) is 12.4 Å². The standard InChI is InChI=1S/C16H19N3O/c1-13(20)19(2)12-14-5-3-7-16(9-14)18-11-15-6-4-8-17-10-15/h3-10,18H,11-12H2,1-2H3. The van der Waals surface area contributed by atoms with Gasteiger partial charge in [-0.15, -0.1) is 0 Å². The summed E-state index contributed by atoms with van der Waals surface area (Å²) in [6.45, 7) is 2.93. The van der Waals surface area contributed by atoms with Gasteiger partial charge < -0.3 is 10.2 Å². The van der Waals surface area contributed by atoms with E-state index in [1.165, 1.54) is 0 Å². The predicted molar refractivity (Wildman–Crippen MR) is 80.2 cm³/mol. The molecule has 0 radical (unpaired) electrons. The van der Waals surface area contributed by atoms with E-state index in [-0.39, 0.29) is 5.91 Å². The topological polar surface area (TPSA) is 45.2 Å². The Hall–Kier alpha value is -2.36. The van der Waals surface area contributed by atoms with Crippen molar-refractivity contribution < 1.29 is 4.79 Å². The van der Waals surface area contributed by atoms with E-state index in [1.54, 1.807) is 25.1 Å². The molecule has 0 unspecified atom stereocenters. The van der Waals surface area contributed by atoms with E-state index in [2.05, 4.69) is 16.4 Å². The van der Waals surface area contributed by atoms with E-state index >= 15 is 0 Å². The molecule has 0 saturated carbocycles. The fourth-order valence-corrected chi connectivity index (χ4v) is 1.87. The van der Waals surface area contributed by atoms with Gasteiger partial charge >= 0.3 is 0 Å². The zero-order chi connectivity index (χ0) is 14.4. The molecule has 104 valence electrons. The number of hydrogen-bond donors (Lipinski definition) is 1. The molecule has 0 atom stereocenters. The third kappa shape index (κ3) is 4.09. The van der Waals surface area contributed by atoms with Crippen LogP contribution in [-0.4, -0.2) is 22.8 Å². The third-order valence-corrected chi connectivity index (χ3v) is 3.10. The number of nitrogens with zero attached hydrogens (tertiary/aromatic N) is 2. The van der Waals surface area contributed by atoms with Gasteiger partial charge in [-0.3, -0.25) is 9.78 Å². The van der Waals surface area contributed by atoms with Gasteiger partial charge in [0.1, 0.15) is 0 Å². The molecule has 0 aliphatic rings. The number of nitrogens with one attached hydrogen (secondary N) is 1. The van der Waals surface area contributed by atoms with Crippen LogP contribution in [0.1, 0.15) is 18.1 Å². The first-order chi connectivity index (χ1) is 9.65. The van der Waals surface area contributed by atoms with E-state index in [9.17, 15) is 4.79 Å². The second-order valence-corrected chi connectivity index (χ2v) is 4.79. The van der Waals surface area contributed by atoms with E-state index in [0.29, 0.717) is 6.54 Å². The van der Waals surface area contributed by atoms with Crippen LogP contribution in [0.15, 0.2) is 48.8 Å². The maximum atomic E-state index is 11.2. The number of carbonyl (C=O) groups excluding carboxylic acids is 1. The van der Waals surface area contributed by atoms with Crippen LogP contribution in [0.4, 0.5) is 5.69 Å². The Balaban J connectivity index is 1.97. The highest BCUT2D eigenvalue weighted by atomic mass is 16.2. The molecule has 0 bridgehead atoms. The summed E-state index contributed by atoms with van der Waals surface area (Å²) < 4.78 is 0. The summed E-state index contributed by atoms with van der Waals surface area (Å²) in [6.07, 6.45) is 3.61. The highest BCUT2D eigenvalue weighted by Gasteiger charge is 2.03. The summed E-state index contributed by atoms with van der Waals surface area (Å²) in [4.78, 5) is 17.0. The Bertz CT molecular complexity index is 569. The Morgan fingerprint density at radius 3 is 2.75 bits per heavy atom. The number of benzene rings is 1. The Labute approximate surface area is 119 Å². The largest absolute Gasteiger partial charge is 0.381 e. The molecular formula is C16H19N3O. The van der Waals surface area contributed by atoms with Gasteiger partial charge in [-0.05, 0) is 29.3 Å². The normalized spacial score (nSPS) is 10.1. The van der Waals surface area contributed by atoms with Gasteiger partial charge in [0.05, 0.1) is 0 Å². The summed E-state index contributed by atoms with van der Waals surface area (Å²) in [5.74, 6) is 0.0683. The van der Waals surface area contributed by atoms with E-state index < -0.39 is 0 Å². The number of pyridine rings is 1. The summed E-state index contributed by atoms with van der Waals surface area (Å²) in [7, 11) is 1.80. The maximum absolute atomic E-state index is 11.2. The average molecular weight is 269 g/mol. The molecular weight excluding hydrogens is 250 g/mol. The first-order valence-corrected chi connectivity index (χ1v) is 6.58.